The molecule has 0 atom stereocenters. The lowest BCUT2D eigenvalue weighted by molar-refractivity contribution is -0.117. The van der Waals surface area contributed by atoms with Gasteiger partial charge in [-0.1, -0.05) is 48.0 Å². The first kappa shape index (κ1) is 20.0. The Balaban J connectivity index is 1.23. The van der Waals surface area contributed by atoms with Crippen molar-refractivity contribution in [3.8, 4) is 10.6 Å². The van der Waals surface area contributed by atoms with Crippen LogP contribution < -0.4 is 5.32 Å². The summed E-state index contributed by atoms with van der Waals surface area (Å²) < 4.78 is 0. The molecule has 1 saturated heterocycles. The maximum atomic E-state index is 12.3. The Labute approximate surface area is 179 Å². The highest BCUT2D eigenvalue weighted by Crippen LogP contribution is 2.24. The van der Waals surface area contributed by atoms with E-state index in [-0.39, 0.29) is 5.91 Å². The van der Waals surface area contributed by atoms with Crippen molar-refractivity contribution in [2.75, 3.05) is 38.0 Å². The fourth-order valence-electron chi connectivity index (χ4n) is 3.40. The van der Waals surface area contributed by atoms with E-state index < -0.39 is 0 Å². The summed E-state index contributed by atoms with van der Waals surface area (Å²) in [6, 6.07) is 17.5. The Kier molecular flexibility index (Phi) is 6.56. The molecule has 1 N–H and O–H groups in total. The van der Waals surface area contributed by atoms with Crippen LogP contribution in [0.3, 0.4) is 0 Å². The summed E-state index contributed by atoms with van der Waals surface area (Å²) >= 11 is 7.66. The number of piperazine rings is 1. The second kappa shape index (κ2) is 9.50. The zero-order chi connectivity index (χ0) is 20.1. The average molecular weight is 427 g/mol. The van der Waals surface area contributed by atoms with Gasteiger partial charge in [-0.25, -0.2) is 4.98 Å². The third kappa shape index (κ3) is 5.64. The number of nitrogens with one attached hydrogen (secondary N) is 1. The highest BCUT2D eigenvalue weighted by molar-refractivity contribution is 7.13. The van der Waals surface area contributed by atoms with Crippen molar-refractivity contribution in [1.29, 1.82) is 0 Å². The van der Waals surface area contributed by atoms with Crippen LogP contribution in [0, 0.1) is 0 Å². The molecule has 7 heteroatoms. The van der Waals surface area contributed by atoms with Crippen LogP contribution in [0.5, 0.6) is 0 Å². The monoisotopic (exact) mass is 426 g/mol. The van der Waals surface area contributed by atoms with Gasteiger partial charge in [0.25, 0.3) is 0 Å². The third-order valence-corrected chi connectivity index (χ3v) is 6.07. The van der Waals surface area contributed by atoms with E-state index in [1.54, 1.807) is 23.5 Å². The standard InChI is InChI=1S/C22H23ClN4OS/c23-18-7-4-8-19(13-18)24-21(28)15-27-11-9-26(10-12-27)14-20-16-29-22(25-20)17-5-2-1-3-6-17/h1-8,13,16H,9-12,14-15H2,(H,24,28). The lowest BCUT2D eigenvalue weighted by Crippen LogP contribution is -2.48. The van der Waals surface area contributed by atoms with Crippen molar-refractivity contribution < 1.29 is 4.79 Å². The topological polar surface area (TPSA) is 48.5 Å². The molecule has 0 spiro atoms. The van der Waals surface area contributed by atoms with Crippen LogP contribution in [-0.4, -0.2) is 53.4 Å². The van der Waals surface area contributed by atoms with Gasteiger partial charge in [-0.3, -0.25) is 14.6 Å². The van der Waals surface area contributed by atoms with Gasteiger partial charge in [-0.15, -0.1) is 11.3 Å². The summed E-state index contributed by atoms with van der Waals surface area (Å²) in [5.74, 6) is -0.00674. The first-order valence-corrected chi connectivity index (χ1v) is 10.9. The van der Waals surface area contributed by atoms with E-state index in [1.165, 1.54) is 5.56 Å². The Morgan fingerprint density at radius 3 is 2.55 bits per heavy atom. The molecule has 1 fully saturated rings. The van der Waals surface area contributed by atoms with Crippen LogP contribution in [-0.2, 0) is 11.3 Å². The van der Waals surface area contributed by atoms with Crippen LogP contribution in [0.25, 0.3) is 10.6 Å². The summed E-state index contributed by atoms with van der Waals surface area (Å²) in [5, 5.41) is 6.74. The van der Waals surface area contributed by atoms with Gasteiger partial charge in [-0.2, -0.15) is 0 Å². The van der Waals surface area contributed by atoms with E-state index in [0.29, 0.717) is 11.6 Å². The van der Waals surface area contributed by atoms with E-state index >= 15 is 0 Å². The van der Waals surface area contributed by atoms with Crippen LogP contribution in [0.4, 0.5) is 5.69 Å². The Morgan fingerprint density at radius 2 is 1.79 bits per heavy atom. The molecule has 2 heterocycles. The smallest absolute Gasteiger partial charge is 0.238 e. The lowest BCUT2D eigenvalue weighted by atomic mass is 10.2. The molecule has 0 bridgehead atoms. The largest absolute Gasteiger partial charge is 0.325 e. The molecule has 0 saturated carbocycles. The molecule has 1 aliphatic rings. The maximum absolute atomic E-state index is 12.3. The van der Waals surface area contributed by atoms with Crippen molar-refractivity contribution in [2.24, 2.45) is 0 Å². The molecule has 29 heavy (non-hydrogen) atoms. The predicted molar refractivity (Wildman–Crippen MR) is 119 cm³/mol. The van der Waals surface area contributed by atoms with Crippen LogP contribution >= 0.6 is 22.9 Å². The third-order valence-electron chi connectivity index (χ3n) is 4.90. The first-order chi connectivity index (χ1) is 14.2. The minimum absolute atomic E-state index is 0.00674. The Hall–Kier alpha value is -2.25. The van der Waals surface area contributed by atoms with Gasteiger partial charge >= 0.3 is 0 Å². The first-order valence-electron chi connectivity index (χ1n) is 9.66. The minimum Gasteiger partial charge on any atom is -0.325 e. The molecule has 2 aromatic carbocycles. The molecule has 0 aliphatic carbocycles. The number of hydrogen-bond donors (Lipinski definition) is 1. The molecule has 0 radical (unpaired) electrons. The number of hydrogen-bond acceptors (Lipinski definition) is 5. The highest BCUT2D eigenvalue weighted by Gasteiger charge is 2.20. The normalized spacial score (nSPS) is 15.3. The number of carbonyl (C=O) groups is 1. The number of halogens is 1. The summed E-state index contributed by atoms with van der Waals surface area (Å²) in [6.07, 6.45) is 0. The quantitative estimate of drug-likeness (QED) is 0.641. The lowest BCUT2D eigenvalue weighted by Gasteiger charge is -2.33. The molecule has 150 valence electrons. The molecule has 4 rings (SSSR count). The molecule has 3 aromatic rings. The molecular weight excluding hydrogens is 404 g/mol. The summed E-state index contributed by atoms with van der Waals surface area (Å²) in [6.45, 7) is 4.86. The van der Waals surface area contributed by atoms with Crippen molar-refractivity contribution in [3.05, 3.63) is 70.7 Å². The Morgan fingerprint density at radius 1 is 1.03 bits per heavy atom. The van der Waals surface area contributed by atoms with E-state index in [1.807, 2.05) is 30.3 Å². The van der Waals surface area contributed by atoms with E-state index in [4.69, 9.17) is 16.6 Å². The second-order valence-electron chi connectivity index (χ2n) is 7.12. The van der Waals surface area contributed by atoms with Crippen molar-refractivity contribution in [3.63, 3.8) is 0 Å². The van der Waals surface area contributed by atoms with Crippen LogP contribution in [0.1, 0.15) is 5.69 Å². The zero-order valence-corrected chi connectivity index (χ0v) is 17.6. The van der Waals surface area contributed by atoms with Gasteiger partial charge in [0.2, 0.25) is 5.91 Å². The summed E-state index contributed by atoms with van der Waals surface area (Å²) in [4.78, 5) is 21.7. The highest BCUT2D eigenvalue weighted by atomic mass is 35.5. The Bertz CT molecular complexity index is 954. The molecule has 0 unspecified atom stereocenters. The number of carbonyl (C=O) groups excluding carboxylic acids is 1. The number of amides is 1. The van der Waals surface area contributed by atoms with E-state index in [0.717, 1.165) is 49.1 Å². The van der Waals surface area contributed by atoms with E-state index in [2.05, 4.69) is 32.6 Å². The van der Waals surface area contributed by atoms with Gasteiger partial charge in [0.1, 0.15) is 5.01 Å². The fraction of sp³-hybridized carbons (Fsp3) is 0.273. The predicted octanol–water partition coefficient (Wildman–Crippen LogP) is 4.22. The van der Waals surface area contributed by atoms with Gasteiger partial charge in [0, 0.05) is 54.4 Å². The molecule has 1 aliphatic heterocycles. The molecule has 5 nitrogen and oxygen atoms in total. The van der Waals surface area contributed by atoms with Crippen LogP contribution in [0.15, 0.2) is 60.0 Å². The summed E-state index contributed by atoms with van der Waals surface area (Å²) in [7, 11) is 0. The fourth-order valence-corrected chi connectivity index (χ4v) is 4.40. The van der Waals surface area contributed by atoms with Crippen molar-refractivity contribution in [2.45, 2.75) is 6.54 Å². The van der Waals surface area contributed by atoms with Gasteiger partial charge in [-0.05, 0) is 18.2 Å². The average Bonchev–Trinajstić information content (AvgIpc) is 3.19. The van der Waals surface area contributed by atoms with Crippen molar-refractivity contribution in [1.82, 2.24) is 14.8 Å². The maximum Gasteiger partial charge on any atom is 0.238 e. The number of nitrogens with zero attached hydrogens (tertiary/aromatic N) is 3. The molecule has 1 aromatic heterocycles. The molecular formula is C22H23ClN4OS. The summed E-state index contributed by atoms with van der Waals surface area (Å²) in [5.41, 5.74) is 3.01. The second-order valence-corrected chi connectivity index (χ2v) is 8.42. The number of aromatic nitrogens is 1. The van der Waals surface area contributed by atoms with E-state index in [9.17, 15) is 4.79 Å². The zero-order valence-electron chi connectivity index (χ0n) is 16.1. The number of rotatable bonds is 6. The minimum atomic E-state index is -0.00674. The van der Waals surface area contributed by atoms with Crippen molar-refractivity contribution >= 4 is 34.5 Å². The van der Waals surface area contributed by atoms with Crippen LogP contribution in [0.2, 0.25) is 5.02 Å². The number of thiazole rings is 1. The SMILES string of the molecule is O=C(CN1CCN(Cc2csc(-c3ccccc3)n2)CC1)Nc1cccc(Cl)c1. The number of anilines is 1. The molecule has 1 amide bonds. The number of benzene rings is 2. The van der Waals surface area contributed by atoms with Gasteiger partial charge < -0.3 is 5.32 Å². The van der Waals surface area contributed by atoms with Gasteiger partial charge in [0.05, 0.1) is 12.2 Å². The van der Waals surface area contributed by atoms with Gasteiger partial charge in [0.15, 0.2) is 0 Å².